The molecule has 8 heteroatoms. The molecule has 0 aliphatic carbocycles. The van der Waals surface area contributed by atoms with Gasteiger partial charge in [0, 0.05) is 10.8 Å². The quantitative estimate of drug-likeness (QED) is 0.539. The average molecular weight is 324 g/mol. The number of rotatable bonds is 2. The number of ether oxygens (including phenoxy) is 2. The molecule has 0 spiro atoms. The van der Waals surface area contributed by atoms with Crippen molar-refractivity contribution < 1.29 is 27.9 Å². The summed E-state index contributed by atoms with van der Waals surface area (Å²) in [4.78, 5) is 23.8. The maximum atomic E-state index is 11.9. The first-order valence-corrected chi connectivity index (χ1v) is 6.35. The van der Waals surface area contributed by atoms with E-state index in [0.717, 1.165) is 0 Å². The molecule has 8 nitrogen and oxygen atoms in total. The number of hydrogen-bond acceptors (Lipinski definition) is 8. The molecule has 0 fully saturated rings. The van der Waals surface area contributed by atoms with Crippen LogP contribution in [-0.4, -0.2) is 11.9 Å². The van der Waals surface area contributed by atoms with Crippen molar-refractivity contribution in [3.63, 3.8) is 0 Å². The number of fused-ring (bicyclic) bond motifs is 2. The largest absolute Gasteiger partial charge is 0.440 e. The van der Waals surface area contributed by atoms with E-state index in [1.54, 1.807) is 12.2 Å². The van der Waals surface area contributed by atoms with Crippen LogP contribution >= 0.6 is 0 Å². The zero-order chi connectivity index (χ0) is 17.4. The molecule has 0 aliphatic heterocycles. The molecular weight excluding hydrogens is 316 g/mol. The predicted octanol–water partition coefficient (Wildman–Crippen LogP) is 1.84. The van der Waals surface area contributed by atoms with Gasteiger partial charge in [0.25, 0.3) is 0 Å². The second-order valence-corrected chi connectivity index (χ2v) is 4.54. The molecule has 3 aromatic rings. The van der Waals surface area contributed by atoms with Gasteiger partial charge in [-0.2, -0.15) is 0 Å². The Bertz CT molecular complexity index is 1000. The lowest BCUT2D eigenvalue weighted by molar-refractivity contribution is 0.0683. The summed E-state index contributed by atoms with van der Waals surface area (Å²) in [5, 5.41) is 0.566. The van der Waals surface area contributed by atoms with Crippen molar-refractivity contribution in [1.29, 1.82) is 0 Å². The van der Waals surface area contributed by atoms with E-state index in [4.69, 9.17) is 33.1 Å². The molecule has 2 heterocycles. The fraction of sp³-hybridized carbons (Fsp3) is 0. The van der Waals surface area contributed by atoms with Crippen LogP contribution in [0.1, 0.15) is 20.7 Å². The van der Waals surface area contributed by atoms with E-state index in [1.165, 1.54) is 12.1 Å². The smallest absolute Gasteiger partial charge is 0.358 e. The third-order valence-electron chi connectivity index (χ3n) is 3.26. The minimum absolute atomic E-state index is 0.0624. The van der Waals surface area contributed by atoms with Crippen LogP contribution in [-0.2, 0) is 9.47 Å². The minimum atomic E-state index is -0.861. The second-order valence-electron chi connectivity index (χ2n) is 4.54. The summed E-state index contributed by atoms with van der Waals surface area (Å²) in [6.07, 6.45) is 13.4. The van der Waals surface area contributed by atoms with E-state index < -0.39 is 11.9 Å². The van der Waals surface area contributed by atoms with Gasteiger partial charge in [0.15, 0.2) is 0 Å². The second kappa shape index (κ2) is 5.30. The van der Waals surface area contributed by atoms with Gasteiger partial charge in [-0.05, 0) is 12.1 Å². The summed E-state index contributed by atoms with van der Waals surface area (Å²) in [6.45, 7) is 0. The topological polar surface area (TPSA) is 131 Å². The molecule has 0 atom stereocenters. The molecule has 4 N–H and O–H groups in total. The molecular formula is C16H8N2O6. The number of anilines is 2. The van der Waals surface area contributed by atoms with Crippen LogP contribution in [0.25, 0.3) is 21.9 Å². The highest BCUT2D eigenvalue weighted by Gasteiger charge is 2.25. The molecule has 118 valence electrons. The van der Waals surface area contributed by atoms with Gasteiger partial charge in [-0.15, -0.1) is 0 Å². The van der Waals surface area contributed by atoms with Gasteiger partial charge in [-0.1, -0.05) is 12.8 Å². The van der Waals surface area contributed by atoms with Gasteiger partial charge in [-0.3, -0.25) is 0 Å². The monoisotopic (exact) mass is 324 g/mol. The van der Waals surface area contributed by atoms with Crippen molar-refractivity contribution >= 4 is 45.6 Å². The number of carbonyl (C=O) groups is 2. The molecule has 0 radical (unpaired) electrons. The normalized spacial score (nSPS) is 10.2. The fourth-order valence-corrected chi connectivity index (χ4v) is 2.35. The predicted molar refractivity (Wildman–Crippen MR) is 83.3 cm³/mol. The fourth-order valence-electron chi connectivity index (χ4n) is 2.35. The highest BCUT2D eigenvalue weighted by Crippen LogP contribution is 2.36. The number of furan rings is 2. The number of esters is 2. The number of carbonyl (C=O) groups excluding carboxylic acids is 2. The van der Waals surface area contributed by atoms with Gasteiger partial charge in [0.05, 0.1) is 0 Å². The molecule has 1 aromatic carbocycles. The maximum Gasteiger partial charge on any atom is 0.358 e. The van der Waals surface area contributed by atoms with Gasteiger partial charge in [0.1, 0.15) is 34.5 Å². The van der Waals surface area contributed by atoms with Gasteiger partial charge < -0.3 is 29.8 Å². The molecule has 0 aliphatic rings. The molecule has 0 saturated heterocycles. The lowest BCUT2D eigenvalue weighted by Gasteiger charge is -1.96. The third-order valence-corrected chi connectivity index (χ3v) is 3.26. The number of terminal acetylenes is 2. The first kappa shape index (κ1) is 14.9. The molecule has 3 rings (SSSR count). The van der Waals surface area contributed by atoms with E-state index in [0.29, 0.717) is 0 Å². The van der Waals surface area contributed by atoms with Crippen molar-refractivity contribution in [3.05, 3.63) is 23.3 Å². The van der Waals surface area contributed by atoms with Crippen molar-refractivity contribution in [2.75, 3.05) is 11.5 Å². The van der Waals surface area contributed by atoms with Crippen LogP contribution in [0, 0.1) is 25.1 Å². The summed E-state index contributed by atoms with van der Waals surface area (Å²) < 4.78 is 19.6. The van der Waals surface area contributed by atoms with Crippen molar-refractivity contribution in [3.8, 4) is 25.1 Å². The lowest BCUT2D eigenvalue weighted by Crippen LogP contribution is -2.03. The first-order valence-electron chi connectivity index (χ1n) is 6.35. The highest BCUT2D eigenvalue weighted by molar-refractivity contribution is 6.14. The molecule has 0 saturated carbocycles. The molecule has 2 aromatic heterocycles. The number of benzene rings is 1. The molecule has 0 bridgehead atoms. The van der Waals surface area contributed by atoms with E-state index >= 15 is 0 Å². The minimum Gasteiger partial charge on any atom is -0.440 e. The number of hydrogen-bond donors (Lipinski definition) is 2. The van der Waals surface area contributed by atoms with Crippen LogP contribution in [0.5, 0.6) is 0 Å². The van der Waals surface area contributed by atoms with Crippen LogP contribution in [0.15, 0.2) is 21.0 Å². The summed E-state index contributed by atoms with van der Waals surface area (Å²) in [6, 6.07) is 2.83. The Morgan fingerprint density at radius 3 is 1.58 bits per heavy atom. The van der Waals surface area contributed by atoms with E-state index in [9.17, 15) is 9.59 Å². The molecule has 0 unspecified atom stereocenters. The average Bonchev–Trinajstić information content (AvgIpc) is 2.99. The zero-order valence-electron chi connectivity index (χ0n) is 11.9. The van der Waals surface area contributed by atoms with Gasteiger partial charge in [-0.25, -0.2) is 9.59 Å². The summed E-state index contributed by atoms with van der Waals surface area (Å²) in [5.41, 5.74) is 11.6. The van der Waals surface area contributed by atoms with Crippen LogP contribution < -0.4 is 11.5 Å². The highest BCUT2D eigenvalue weighted by atomic mass is 16.5. The van der Waals surface area contributed by atoms with Crippen LogP contribution in [0.4, 0.5) is 11.8 Å². The van der Waals surface area contributed by atoms with Crippen LogP contribution in [0.3, 0.4) is 0 Å². The van der Waals surface area contributed by atoms with Crippen molar-refractivity contribution in [2.24, 2.45) is 0 Å². The Balaban J connectivity index is 2.29. The van der Waals surface area contributed by atoms with Crippen molar-refractivity contribution in [2.45, 2.75) is 0 Å². The maximum absolute atomic E-state index is 11.9. The Hall–Kier alpha value is -4.04. The first-order chi connectivity index (χ1) is 11.5. The number of nitrogens with two attached hydrogens (primary N) is 2. The van der Waals surface area contributed by atoms with E-state index in [2.05, 4.69) is 9.47 Å². The summed E-state index contributed by atoms with van der Waals surface area (Å²) in [5.74, 6) is -2.11. The third kappa shape index (κ3) is 2.07. The zero-order valence-corrected chi connectivity index (χ0v) is 11.9. The molecule has 24 heavy (non-hydrogen) atoms. The van der Waals surface area contributed by atoms with E-state index in [1.807, 2.05) is 0 Å². The Morgan fingerprint density at radius 1 is 0.875 bits per heavy atom. The van der Waals surface area contributed by atoms with Gasteiger partial charge in [0.2, 0.25) is 11.8 Å². The van der Waals surface area contributed by atoms with Crippen molar-refractivity contribution in [1.82, 2.24) is 0 Å². The Kier molecular flexibility index (Phi) is 3.29. The SMILES string of the molecule is C#COC(=O)c1c(N)oc2cc3c(C(=O)OC#C)c(N)oc3cc12. The van der Waals surface area contributed by atoms with E-state index in [-0.39, 0.29) is 44.8 Å². The Morgan fingerprint density at radius 2 is 1.25 bits per heavy atom. The Labute approximate surface area is 134 Å². The molecule has 0 amide bonds. The standard InChI is InChI=1S/C16H8N2O6/c1-3-21-15(19)11-7-5-10-8(6-9(7)23-13(11)17)12(14(18)24-10)16(20)22-4-2/h1-2,5-6H,17-18H2. The summed E-state index contributed by atoms with van der Waals surface area (Å²) >= 11 is 0. The van der Waals surface area contributed by atoms with Gasteiger partial charge >= 0.3 is 11.9 Å². The lowest BCUT2D eigenvalue weighted by atomic mass is 10.1. The number of nitrogen functional groups attached to an aromatic ring is 2. The summed E-state index contributed by atoms with van der Waals surface area (Å²) in [7, 11) is 0. The van der Waals surface area contributed by atoms with Crippen LogP contribution in [0.2, 0.25) is 0 Å².